The van der Waals surface area contributed by atoms with Crippen molar-refractivity contribution in [2.24, 2.45) is 0 Å². The number of rotatable bonds is 4. The summed E-state index contributed by atoms with van der Waals surface area (Å²) in [5, 5.41) is 18.2. The van der Waals surface area contributed by atoms with E-state index < -0.39 is 18.1 Å². The Kier molecular flexibility index (Phi) is 5.56. The SMILES string of the molecule is CC(O)CN(C)C(=O)N1CCN(C(C)C(=O)O)CC1. The van der Waals surface area contributed by atoms with Crippen LogP contribution in [0.25, 0.3) is 0 Å². The van der Waals surface area contributed by atoms with Crippen molar-refractivity contribution < 1.29 is 19.8 Å². The lowest BCUT2D eigenvalue weighted by Crippen LogP contribution is -2.55. The molecular formula is C12H23N3O4. The van der Waals surface area contributed by atoms with Gasteiger partial charge in [0.25, 0.3) is 0 Å². The number of urea groups is 1. The van der Waals surface area contributed by atoms with Gasteiger partial charge < -0.3 is 20.0 Å². The molecule has 0 aromatic heterocycles. The number of carbonyl (C=O) groups is 2. The number of aliphatic carboxylic acids is 1. The number of carbonyl (C=O) groups excluding carboxylic acids is 1. The Morgan fingerprint density at radius 2 is 1.74 bits per heavy atom. The van der Waals surface area contributed by atoms with Gasteiger partial charge in [0.15, 0.2) is 0 Å². The minimum absolute atomic E-state index is 0.122. The van der Waals surface area contributed by atoms with Crippen molar-refractivity contribution in [3.8, 4) is 0 Å². The maximum Gasteiger partial charge on any atom is 0.320 e. The molecule has 0 bridgehead atoms. The van der Waals surface area contributed by atoms with Crippen LogP contribution in [0.5, 0.6) is 0 Å². The fraction of sp³-hybridized carbons (Fsp3) is 0.833. The van der Waals surface area contributed by atoms with E-state index in [1.54, 1.807) is 25.8 Å². The van der Waals surface area contributed by atoms with Crippen LogP contribution in [0.15, 0.2) is 0 Å². The van der Waals surface area contributed by atoms with Gasteiger partial charge in [-0.3, -0.25) is 9.69 Å². The fourth-order valence-electron chi connectivity index (χ4n) is 2.17. The lowest BCUT2D eigenvalue weighted by Gasteiger charge is -2.38. The van der Waals surface area contributed by atoms with E-state index in [0.29, 0.717) is 32.7 Å². The van der Waals surface area contributed by atoms with E-state index >= 15 is 0 Å². The Morgan fingerprint density at radius 1 is 1.21 bits per heavy atom. The highest BCUT2D eigenvalue weighted by Crippen LogP contribution is 2.08. The van der Waals surface area contributed by atoms with Crippen LogP contribution < -0.4 is 0 Å². The summed E-state index contributed by atoms with van der Waals surface area (Å²) in [5.74, 6) is -0.842. The molecule has 19 heavy (non-hydrogen) atoms. The molecule has 0 spiro atoms. The second-order valence-electron chi connectivity index (χ2n) is 5.05. The van der Waals surface area contributed by atoms with Crippen LogP contribution in [-0.4, -0.2) is 88.8 Å². The van der Waals surface area contributed by atoms with Crippen molar-refractivity contribution in [1.29, 1.82) is 0 Å². The van der Waals surface area contributed by atoms with Crippen LogP contribution >= 0.6 is 0 Å². The van der Waals surface area contributed by atoms with Gasteiger partial charge in [-0.05, 0) is 13.8 Å². The van der Waals surface area contributed by atoms with Crippen LogP contribution in [-0.2, 0) is 4.79 Å². The van der Waals surface area contributed by atoms with Crippen molar-refractivity contribution in [2.75, 3.05) is 39.8 Å². The quantitative estimate of drug-likeness (QED) is 0.722. The Bertz CT molecular complexity index is 327. The Balaban J connectivity index is 2.45. The molecule has 1 aliphatic heterocycles. The van der Waals surface area contributed by atoms with Crippen molar-refractivity contribution in [3.63, 3.8) is 0 Å². The average molecular weight is 273 g/mol. The largest absolute Gasteiger partial charge is 0.480 e. The smallest absolute Gasteiger partial charge is 0.320 e. The molecule has 0 saturated carbocycles. The zero-order valence-corrected chi connectivity index (χ0v) is 11.7. The zero-order chi connectivity index (χ0) is 14.6. The third-order valence-electron chi connectivity index (χ3n) is 3.35. The van der Waals surface area contributed by atoms with Gasteiger partial charge in [0.2, 0.25) is 0 Å². The number of aliphatic hydroxyl groups is 1. The number of hydrogen-bond acceptors (Lipinski definition) is 4. The molecule has 2 atom stereocenters. The molecule has 1 heterocycles. The van der Waals surface area contributed by atoms with Gasteiger partial charge in [0.1, 0.15) is 6.04 Å². The Hall–Kier alpha value is -1.34. The molecule has 2 N–H and O–H groups in total. The van der Waals surface area contributed by atoms with Gasteiger partial charge >= 0.3 is 12.0 Å². The molecule has 1 fully saturated rings. The van der Waals surface area contributed by atoms with Gasteiger partial charge in [-0.25, -0.2) is 4.79 Å². The average Bonchev–Trinajstić information content (AvgIpc) is 2.36. The second-order valence-corrected chi connectivity index (χ2v) is 5.05. The highest BCUT2D eigenvalue weighted by molar-refractivity contribution is 5.75. The predicted octanol–water partition coefficient (Wildman–Crippen LogP) is -0.490. The van der Waals surface area contributed by atoms with Crippen LogP contribution in [0, 0.1) is 0 Å². The molecule has 0 radical (unpaired) electrons. The van der Waals surface area contributed by atoms with Crippen LogP contribution in [0.3, 0.4) is 0 Å². The third-order valence-corrected chi connectivity index (χ3v) is 3.35. The lowest BCUT2D eigenvalue weighted by atomic mass is 10.2. The molecule has 0 aromatic rings. The van der Waals surface area contributed by atoms with Gasteiger partial charge in [0.05, 0.1) is 6.10 Å². The number of nitrogens with zero attached hydrogens (tertiary/aromatic N) is 3. The van der Waals surface area contributed by atoms with Crippen molar-refractivity contribution >= 4 is 12.0 Å². The number of aliphatic hydroxyl groups excluding tert-OH is 1. The van der Waals surface area contributed by atoms with Gasteiger partial charge in [-0.1, -0.05) is 0 Å². The van der Waals surface area contributed by atoms with E-state index in [4.69, 9.17) is 5.11 Å². The summed E-state index contributed by atoms with van der Waals surface area (Å²) in [6, 6.07) is -0.643. The molecule has 110 valence electrons. The molecule has 1 saturated heterocycles. The summed E-state index contributed by atoms with van der Waals surface area (Å²) in [4.78, 5) is 28.0. The highest BCUT2D eigenvalue weighted by atomic mass is 16.4. The summed E-state index contributed by atoms with van der Waals surface area (Å²) >= 11 is 0. The third kappa shape index (κ3) is 4.36. The van der Waals surface area contributed by atoms with E-state index in [1.165, 1.54) is 4.90 Å². The van der Waals surface area contributed by atoms with Crippen LogP contribution in [0.4, 0.5) is 4.79 Å². The predicted molar refractivity (Wildman–Crippen MR) is 70.0 cm³/mol. The number of hydrogen-bond donors (Lipinski definition) is 2. The van der Waals surface area contributed by atoms with Gasteiger partial charge in [0, 0.05) is 39.8 Å². The van der Waals surface area contributed by atoms with E-state index in [-0.39, 0.29) is 6.03 Å². The van der Waals surface area contributed by atoms with E-state index in [1.807, 2.05) is 4.90 Å². The summed E-state index contributed by atoms with van der Waals surface area (Å²) in [5.41, 5.74) is 0. The highest BCUT2D eigenvalue weighted by Gasteiger charge is 2.28. The van der Waals surface area contributed by atoms with E-state index in [0.717, 1.165) is 0 Å². The summed E-state index contributed by atoms with van der Waals surface area (Å²) in [7, 11) is 1.65. The van der Waals surface area contributed by atoms with Gasteiger partial charge in [-0.15, -0.1) is 0 Å². The maximum absolute atomic E-state index is 12.0. The fourth-order valence-corrected chi connectivity index (χ4v) is 2.17. The molecule has 2 amide bonds. The number of amides is 2. The Morgan fingerprint density at radius 3 is 2.16 bits per heavy atom. The van der Waals surface area contributed by atoms with Gasteiger partial charge in [-0.2, -0.15) is 0 Å². The molecule has 1 rings (SSSR count). The first-order chi connectivity index (χ1) is 8.82. The summed E-state index contributed by atoms with van der Waals surface area (Å²) in [6.45, 7) is 5.73. The van der Waals surface area contributed by atoms with Crippen molar-refractivity contribution in [3.05, 3.63) is 0 Å². The number of carboxylic acids is 1. The van der Waals surface area contributed by atoms with Crippen molar-refractivity contribution in [1.82, 2.24) is 14.7 Å². The lowest BCUT2D eigenvalue weighted by molar-refractivity contribution is -0.143. The van der Waals surface area contributed by atoms with E-state index in [2.05, 4.69) is 0 Å². The maximum atomic E-state index is 12.0. The molecule has 7 heteroatoms. The minimum Gasteiger partial charge on any atom is -0.480 e. The monoisotopic (exact) mass is 273 g/mol. The first-order valence-corrected chi connectivity index (χ1v) is 6.48. The summed E-state index contributed by atoms with van der Waals surface area (Å²) < 4.78 is 0. The zero-order valence-electron chi connectivity index (χ0n) is 11.7. The molecule has 0 aliphatic carbocycles. The summed E-state index contributed by atoms with van der Waals surface area (Å²) in [6.07, 6.45) is -0.553. The molecule has 0 aromatic carbocycles. The number of piperazine rings is 1. The second kappa shape index (κ2) is 6.72. The van der Waals surface area contributed by atoms with Crippen LogP contribution in [0.2, 0.25) is 0 Å². The normalized spacial score (nSPS) is 19.9. The first kappa shape index (κ1) is 15.7. The number of likely N-dealkylation sites (N-methyl/N-ethyl adjacent to an activating group) is 1. The molecular weight excluding hydrogens is 250 g/mol. The molecule has 7 nitrogen and oxygen atoms in total. The first-order valence-electron chi connectivity index (χ1n) is 6.48. The standard InChI is InChI=1S/C12H23N3O4/c1-9(16)8-13(3)12(19)15-6-4-14(5-7-15)10(2)11(17)18/h9-10,16H,4-8H2,1-3H3,(H,17,18). The van der Waals surface area contributed by atoms with E-state index in [9.17, 15) is 14.7 Å². The number of carboxylic acid groups (broad SMARTS) is 1. The van der Waals surface area contributed by atoms with Crippen LogP contribution in [0.1, 0.15) is 13.8 Å². The Labute approximate surface area is 113 Å². The van der Waals surface area contributed by atoms with Crippen molar-refractivity contribution in [2.45, 2.75) is 26.0 Å². The minimum atomic E-state index is -0.842. The topological polar surface area (TPSA) is 84.3 Å². The molecule has 2 unspecified atom stereocenters. The molecule has 1 aliphatic rings.